The molecule has 2 aliphatic heterocycles. The summed E-state index contributed by atoms with van der Waals surface area (Å²) in [4.78, 5) is 28.4. The fourth-order valence-electron chi connectivity index (χ4n) is 4.52. The van der Waals surface area contributed by atoms with Crippen LogP contribution in [0.15, 0.2) is 55.1 Å². The molecule has 7 heteroatoms. The predicted molar refractivity (Wildman–Crippen MR) is 118 cm³/mol. The quantitative estimate of drug-likeness (QED) is 0.469. The van der Waals surface area contributed by atoms with E-state index in [0.717, 1.165) is 36.6 Å². The number of nitrogens with zero attached hydrogens (tertiary/aromatic N) is 3. The Morgan fingerprint density at radius 2 is 2.03 bits per heavy atom. The van der Waals surface area contributed by atoms with Gasteiger partial charge in [0.1, 0.15) is 0 Å². The number of nitrogens with one attached hydrogen (secondary N) is 1. The number of nitro benzene ring substituents is 1. The molecule has 2 unspecified atom stereocenters. The number of anilines is 2. The normalized spacial score (nSPS) is 20.2. The number of hydrogen-bond donors (Lipinski definition) is 1. The summed E-state index contributed by atoms with van der Waals surface area (Å²) in [7, 11) is 0. The van der Waals surface area contributed by atoms with Crippen molar-refractivity contribution in [2.75, 3.05) is 36.0 Å². The van der Waals surface area contributed by atoms with Crippen LogP contribution in [0.1, 0.15) is 11.1 Å². The first kappa shape index (κ1) is 19.9. The predicted octanol–water partition coefficient (Wildman–Crippen LogP) is 3.07. The molecule has 1 amide bonds. The third-order valence-electron chi connectivity index (χ3n) is 6.06. The van der Waals surface area contributed by atoms with Crippen molar-refractivity contribution in [2.45, 2.75) is 19.4 Å². The summed E-state index contributed by atoms with van der Waals surface area (Å²) in [5.74, 6) is -0.319. The maximum atomic E-state index is 13.0. The highest BCUT2D eigenvalue weighted by atomic mass is 16.6. The van der Waals surface area contributed by atoms with E-state index >= 15 is 0 Å². The standard InChI is InChI=1S/C23H26N4O3/c1-3-10-24-23(28)20-14-17-13-19(27(29)30)8-9-21(17)26-12-11-25(15-22(20)26)18-6-4-16(2)5-7-18/h3-9,13,20,22H,1,10-12,14-15H2,2H3,(H,24,28). The summed E-state index contributed by atoms with van der Waals surface area (Å²) < 4.78 is 0. The molecule has 2 aromatic carbocycles. The first-order valence-corrected chi connectivity index (χ1v) is 10.2. The van der Waals surface area contributed by atoms with E-state index in [2.05, 4.69) is 52.9 Å². The molecule has 0 aliphatic carbocycles. The van der Waals surface area contributed by atoms with Gasteiger partial charge in [0, 0.05) is 49.7 Å². The molecule has 0 radical (unpaired) electrons. The molecule has 2 heterocycles. The van der Waals surface area contributed by atoms with E-state index in [1.807, 2.05) is 6.07 Å². The highest BCUT2D eigenvalue weighted by Gasteiger charge is 2.42. The minimum atomic E-state index is -0.380. The summed E-state index contributed by atoms with van der Waals surface area (Å²) in [5, 5.41) is 14.2. The maximum absolute atomic E-state index is 13.0. The zero-order chi connectivity index (χ0) is 21.3. The third-order valence-corrected chi connectivity index (χ3v) is 6.06. The Kier molecular flexibility index (Phi) is 5.44. The monoisotopic (exact) mass is 406 g/mol. The van der Waals surface area contributed by atoms with E-state index < -0.39 is 0 Å². The molecule has 30 heavy (non-hydrogen) atoms. The van der Waals surface area contributed by atoms with Crippen LogP contribution < -0.4 is 15.1 Å². The van der Waals surface area contributed by atoms with Crippen molar-refractivity contribution in [1.82, 2.24) is 5.32 Å². The number of carbonyl (C=O) groups excluding carboxylic acids is 1. The van der Waals surface area contributed by atoms with E-state index in [1.165, 1.54) is 5.56 Å². The van der Waals surface area contributed by atoms with Gasteiger partial charge in [-0.15, -0.1) is 6.58 Å². The number of piperazine rings is 1. The molecule has 0 spiro atoms. The van der Waals surface area contributed by atoms with E-state index in [9.17, 15) is 14.9 Å². The average Bonchev–Trinajstić information content (AvgIpc) is 2.76. The van der Waals surface area contributed by atoms with Gasteiger partial charge in [0.2, 0.25) is 5.91 Å². The van der Waals surface area contributed by atoms with Crippen molar-refractivity contribution >= 4 is 23.0 Å². The number of aryl methyl sites for hydroxylation is 1. The van der Waals surface area contributed by atoms with Crippen LogP contribution in [0.2, 0.25) is 0 Å². The molecule has 156 valence electrons. The highest BCUT2D eigenvalue weighted by Crippen LogP contribution is 2.38. The van der Waals surface area contributed by atoms with Crippen LogP contribution >= 0.6 is 0 Å². The maximum Gasteiger partial charge on any atom is 0.269 e. The fraction of sp³-hybridized carbons (Fsp3) is 0.348. The van der Waals surface area contributed by atoms with Crippen LogP contribution in [0.25, 0.3) is 0 Å². The minimum Gasteiger partial charge on any atom is -0.368 e. The van der Waals surface area contributed by atoms with Crippen LogP contribution in [-0.2, 0) is 11.2 Å². The van der Waals surface area contributed by atoms with Gasteiger partial charge in [-0.2, -0.15) is 0 Å². The number of carbonyl (C=O) groups is 1. The van der Waals surface area contributed by atoms with Crippen LogP contribution in [0, 0.1) is 23.0 Å². The molecular formula is C23H26N4O3. The van der Waals surface area contributed by atoms with Gasteiger partial charge in [0.15, 0.2) is 0 Å². The largest absolute Gasteiger partial charge is 0.368 e. The van der Waals surface area contributed by atoms with Gasteiger partial charge in [0.25, 0.3) is 5.69 Å². The highest BCUT2D eigenvalue weighted by molar-refractivity contribution is 5.82. The summed E-state index contributed by atoms with van der Waals surface area (Å²) in [6, 6.07) is 13.5. The zero-order valence-electron chi connectivity index (χ0n) is 17.1. The van der Waals surface area contributed by atoms with Crippen molar-refractivity contribution in [3.63, 3.8) is 0 Å². The van der Waals surface area contributed by atoms with Crippen LogP contribution in [0.4, 0.5) is 17.1 Å². The molecule has 4 rings (SSSR count). The molecular weight excluding hydrogens is 380 g/mol. The minimum absolute atomic E-state index is 0.00109. The summed E-state index contributed by atoms with van der Waals surface area (Å²) in [6.45, 7) is 8.47. The molecule has 0 saturated carbocycles. The Balaban J connectivity index is 1.67. The van der Waals surface area contributed by atoms with Crippen molar-refractivity contribution < 1.29 is 9.72 Å². The topological polar surface area (TPSA) is 78.7 Å². The van der Waals surface area contributed by atoms with E-state index in [0.29, 0.717) is 13.0 Å². The van der Waals surface area contributed by atoms with E-state index in [1.54, 1.807) is 18.2 Å². The molecule has 0 bridgehead atoms. The zero-order valence-corrected chi connectivity index (χ0v) is 17.1. The van der Waals surface area contributed by atoms with Crippen LogP contribution in [0.5, 0.6) is 0 Å². The summed E-state index contributed by atoms with van der Waals surface area (Å²) >= 11 is 0. The second-order valence-electron chi connectivity index (χ2n) is 7.96. The number of benzene rings is 2. The number of hydrogen-bond acceptors (Lipinski definition) is 5. The second-order valence-corrected chi connectivity index (χ2v) is 7.96. The summed E-state index contributed by atoms with van der Waals surface area (Å²) in [6.07, 6.45) is 2.15. The number of amides is 1. The van der Waals surface area contributed by atoms with Gasteiger partial charge >= 0.3 is 0 Å². The van der Waals surface area contributed by atoms with Gasteiger partial charge < -0.3 is 15.1 Å². The molecule has 1 saturated heterocycles. The Bertz CT molecular complexity index is 973. The van der Waals surface area contributed by atoms with Crippen LogP contribution in [0.3, 0.4) is 0 Å². The second kappa shape index (κ2) is 8.18. The average molecular weight is 406 g/mol. The lowest BCUT2D eigenvalue weighted by molar-refractivity contribution is -0.384. The Morgan fingerprint density at radius 1 is 1.27 bits per heavy atom. The first-order chi connectivity index (χ1) is 14.5. The number of rotatable bonds is 5. The smallest absolute Gasteiger partial charge is 0.269 e. The van der Waals surface area contributed by atoms with Crippen LogP contribution in [-0.4, -0.2) is 43.1 Å². The molecule has 2 aliphatic rings. The van der Waals surface area contributed by atoms with Gasteiger partial charge in [-0.1, -0.05) is 23.8 Å². The third kappa shape index (κ3) is 3.75. The van der Waals surface area contributed by atoms with Gasteiger partial charge in [-0.05, 0) is 37.1 Å². The molecule has 2 atom stereocenters. The molecule has 1 fully saturated rings. The number of fused-ring (bicyclic) bond motifs is 3. The first-order valence-electron chi connectivity index (χ1n) is 10.2. The Labute approximate surface area is 176 Å². The SMILES string of the molecule is C=CCNC(=O)C1Cc2cc([N+](=O)[O-])ccc2N2CCN(c3ccc(C)cc3)CC12. The lowest BCUT2D eigenvalue weighted by Gasteiger charge is -2.49. The molecule has 1 N–H and O–H groups in total. The number of non-ortho nitro benzene ring substituents is 1. The van der Waals surface area contributed by atoms with E-state index in [4.69, 9.17) is 0 Å². The van der Waals surface area contributed by atoms with Crippen molar-refractivity contribution in [3.05, 3.63) is 76.4 Å². The Morgan fingerprint density at radius 3 is 2.73 bits per heavy atom. The lowest BCUT2D eigenvalue weighted by atomic mass is 9.83. The molecule has 7 nitrogen and oxygen atoms in total. The van der Waals surface area contributed by atoms with E-state index in [-0.39, 0.29) is 28.5 Å². The fourth-order valence-corrected chi connectivity index (χ4v) is 4.52. The number of nitro groups is 1. The van der Waals surface area contributed by atoms with Gasteiger partial charge in [-0.3, -0.25) is 14.9 Å². The van der Waals surface area contributed by atoms with Crippen molar-refractivity contribution in [3.8, 4) is 0 Å². The van der Waals surface area contributed by atoms with Gasteiger partial charge in [0.05, 0.1) is 16.9 Å². The van der Waals surface area contributed by atoms with Crippen molar-refractivity contribution in [2.24, 2.45) is 5.92 Å². The molecule has 0 aromatic heterocycles. The van der Waals surface area contributed by atoms with Crippen molar-refractivity contribution in [1.29, 1.82) is 0 Å². The molecule has 2 aromatic rings. The lowest BCUT2D eigenvalue weighted by Crippen LogP contribution is -2.61. The summed E-state index contributed by atoms with van der Waals surface area (Å²) in [5.41, 5.74) is 4.30. The van der Waals surface area contributed by atoms with Gasteiger partial charge in [-0.25, -0.2) is 0 Å². The Hall–Kier alpha value is -3.35.